The maximum absolute atomic E-state index is 12.4. The lowest BCUT2D eigenvalue weighted by atomic mass is 9.87. The molecule has 2 aromatic carbocycles. The van der Waals surface area contributed by atoms with Crippen molar-refractivity contribution < 1.29 is 38.1 Å². The van der Waals surface area contributed by atoms with Crippen LogP contribution in [0, 0.1) is 0 Å². The van der Waals surface area contributed by atoms with E-state index in [0.29, 0.717) is 0 Å². The largest absolute Gasteiger partial charge is 0.465 e. The van der Waals surface area contributed by atoms with E-state index in [1.165, 1.54) is 64.8 Å². The first-order valence-corrected chi connectivity index (χ1v) is 8.00. The van der Waals surface area contributed by atoms with Crippen molar-refractivity contribution in [3.05, 3.63) is 58.7 Å². The highest BCUT2D eigenvalue weighted by Gasteiger charge is 2.29. The molecule has 0 aromatic heterocycles. The molecule has 0 saturated carbocycles. The fourth-order valence-corrected chi connectivity index (χ4v) is 2.76. The first-order valence-electron chi connectivity index (χ1n) is 8.00. The molecule has 0 N–H and O–H groups in total. The fourth-order valence-electron chi connectivity index (χ4n) is 2.76. The van der Waals surface area contributed by atoms with Gasteiger partial charge in [0, 0.05) is 11.1 Å². The molecular weight excluding hydrogens is 368 g/mol. The molecule has 8 nitrogen and oxygen atoms in total. The Morgan fingerprint density at radius 3 is 0.893 bits per heavy atom. The third-order valence-corrected chi connectivity index (χ3v) is 4.00. The van der Waals surface area contributed by atoms with Crippen LogP contribution in [0.2, 0.25) is 0 Å². The second kappa shape index (κ2) is 8.81. The van der Waals surface area contributed by atoms with E-state index in [0.717, 1.165) is 0 Å². The van der Waals surface area contributed by atoms with Crippen LogP contribution in [-0.2, 0) is 18.9 Å². The summed E-state index contributed by atoms with van der Waals surface area (Å²) in [6.07, 6.45) is 0. The van der Waals surface area contributed by atoms with Crippen LogP contribution in [0.15, 0.2) is 36.4 Å². The zero-order chi connectivity index (χ0) is 20.8. The highest BCUT2D eigenvalue weighted by Crippen LogP contribution is 2.35. The first kappa shape index (κ1) is 20.6. The normalized spacial score (nSPS) is 10.0. The lowest BCUT2D eigenvalue weighted by Gasteiger charge is -2.18. The highest BCUT2D eigenvalue weighted by atomic mass is 16.5. The van der Waals surface area contributed by atoms with Crippen molar-refractivity contribution in [2.75, 3.05) is 28.4 Å². The Hall–Kier alpha value is -3.68. The van der Waals surface area contributed by atoms with Crippen molar-refractivity contribution in [1.29, 1.82) is 0 Å². The number of esters is 4. The van der Waals surface area contributed by atoms with Gasteiger partial charge in [-0.3, -0.25) is 0 Å². The van der Waals surface area contributed by atoms with Gasteiger partial charge in [0.15, 0.2) is 0 Å². The predicted octanol–water partition coefficient (Wildman–Crippen LogP) is 2.50. The lowest BCUT2D eigenvalue weighted by Crippen LogP contribution is -2.16. The average molecular weight is 386 g/mol. The van der Waals surface area contributed by atoms with E-state index in [1.807, 2.05) is 0 Å². The molecule has 0 fully saturated rings. The van der Waals surface area contributed by atoms with Gasteiger partial charge >= 0.3 is 23.9 Å². The number of hydrogen-bond acceptors (Lipinski definition) is 8. The average Bonchev–Trinajstić information content (AvgIpc) is 2.75. The molecule has 146 valence electrons. The van der Waals surface area contributed by atoms with E-state index in [1.54, 1.807) is 0 Å². The van der Waals surface area contributed by atoms with Crippen LogP contribution >= 0.6 is 0 Å². The summed E-state index contributed by atoms with van der Waals surface area (Å²) in [6.45, 7) is 0. The topological polar surface area (TPSA) is 105 Å². The third-order valence-electron chi connectivity index (χ3n) is 4.00. The van der Waals surface area contributed by atoms with Crippen molar-refractivity contribution >= 4 is 23.9 Å². The summed E-state index contributed by atoms with van der Waals surface area (Å²) in [7, 11) is 4.68. The molecule has 0 aliphatic carbocycles. The summed E-state index contributed by atoms with van der Waals surface area (Å²) in [4.78, 5) is 49.5. The van der Waals surface area contributed by atoms with Crippen LogP contribution in [0.1, 0.15) is 41.4 Å². The van der Waals surface area contributed by atoms with Gasteiger partial charge in [-0.2, -0.15) is 0 Å². The second-order valence-corrected chi connectivity index (χ2v) is 5.42. The molecule has 28 heavy (non-hydrogen) atoms. The van der Waals surface area contributed by atoms with Gasteiger partial charge in [0.05, 0.1) is 50.7 Å². The van der Waals surface area contributed by atoms with E-state index in [9.17, 15) is 19.2 Å². The molecule has 0 radical (unpaired) electrons. The van der Waals surface area contributed by atoms with Gasteiger partial charge in [0.25, 0.3) is 0 Å². The van der Waals surface area contributed by atoms with Crippen LogP contribution in [-0.4, -0.2) is 52.3 Å². The summed E-state index contributed by atoms with van der Waals surface area (Å²) >= 11 is 0. The van der Waals surface area contributed by atoms with Crippen LogP contribution in [0.5, 0.6) is 0 Å². The van der Waals surface area contributed by atoms with Gasteiger partial charge in [-0.1, -0.05) is 12.1 Å². The Morgan fingerprint density at radius 1 is 0.500 bits per heavy atom. The number of hydrogen-bond donors (Lipinski definition) is 0. The number of rotatable bonds is 5. The Kier molecular flexibility index (Phi) is 6.49. The van der Waals surface area contributed by atoms with Gasteiger partial charge in [-0.25, -0.2) is 19.2 Å². The van der Waals surface area contributed by atoms with Gasteiger partial charge < -0.3 is 18.9 Å². The van der Waals surface area contributed by atoms with Crippen LogP contribution in [0.3, 0.4) is 0 Å². The Morgan fingerprint density at radius 2 is 0.714 bits per heavy atom. The highest BCUT2D eigenvalue weighted by molar-refractivity contribution is 6.13. The molecule has 0 aliphatic heterocycles. The molecule has 0 aliphatic rings. The molecule has 0 unspecified atom stereocenters. The van der Waals surface area contributed by atoms with Crippen molar-refractivity contribution in [3.8, 4) is 11.1 Å². The van der Waals surface area contributed by atoms with Gasteiger partial charge in [0.2, 0.25) is 0 Å². The minimum Gasteiger partial charge on any atom is -0.465 e. The number of carbonyl (C=O) groups excluding carboxylic acids is 4. The van der Waals surface area contributed by atoms with E-state index in [4.69, 9.17) is 18.9 Å². The van der Waals surface area contributed by atoms with Gasteiger partial charge in [-0.15, -0.1) is 0 Å². The summed E-state index contributed by atoms with van der Waals surface area (Å²) in [5.41, 5.74) is -0.136. The number of ether oxygens (including phenoxy) is 4. The van der Waals surface area contributed by atoms with E-state index in [2.05, 4.69) is 0 Å². The standard InChI is InChI=1S/C20H18O8/c1-25-17(21)11-7-5-8-12(18(22)26-2)15(11)16-13(19(23)27-3)9-6-10-14(16)20(24)28-4/h5-10H,1-4H3. The third kappa shape index (κ3) is 3.71. The van der Waals surface area contributed by atoms with Crippen molar-refractivity contribution in [1.82, 2.24) is 0 Å². The van der Waals surface area contributed by atoms with E-state index >= 15 is 0 Å². The molecular formula is C20H18O8. The second-order valence-electron chi connectivity index (χ2n) is 5.42. The molecule has 0 bridgehead atoms. The van der Waals surface area contributed by atoms with Crippen molar-refractivity contribution in [3.63, 3.8) is 0 Å². The number of carbonyl (C=O) groups is 4. The molecule has 0 saturated heterocycles. The minimum atomic E-state index is -0.767. The summed E-state index contributed by atoms with van der Waals surface area (Å²) in [5, 5.41) is 0. The Labute approximate surface area is 161 Å². The smallest absolute Gasteiger partial charge is 0.338 e. The Bertz CT molecular complexity index is 799. The van der Waals surface area contributed by atoms with Crippen LogP contribution in [0.4, 0.5) is 0 Å². The number of benzene rings is 2. The van der Waals surface area contributed by atoms with Crippen molar-refractivity contribution in [2.24, 2.45) is 0 Å². The SMILES string of the molecule is COC(=O)c1cccc(C(=O)OC)c1-c1c(C(=O)OC)cccc1C(=O)OC. The van der Waals surface area contributed by atoms with E-state index < -0.39 is 23.9 Å². The molecule has 0 heterocycles. The monoisotopic (exact) mass is 386 g/mol. The quantitative estimate of drug-likeness (QED) is 0.570. The predicted molar refractivity (Wildman–Crippen MR) is 97.2 cm³/mol. The van der Waals surface area contributed by atoms with Gasteiger partial charge in [0.1, 0.15) is 0 Å². The van der Waals surface area contributed by atoms with Crippen LogP contribution < -0.4 is 0 Å². The van der Waals surface area contributed by atoms with Crippen molar-refractivity contribution in [2.45, 2.75) is 0 Å². The maximum Gasteiger partial charge on any atom is 0.338 e. The molecule has 0 amide bonds. The van der Waals surface area contributed by atoms with Gasteiger partial charge in [-0.05, 0) is 24.3 Å². The fraction of sp³-hybridized carbons (Fsp3) is 0.200. The van der Waals surface area contributed by atoms with E-state index in [-0.39, 0.29) is 33.4 Å². The summed E-state index contributed by atoms with van der Waals surface area (Å²) in [5.74, 6) is -3.07. The summed E-state index contributed by atoms with van der Waals surface area (Å²) < 4.78 is 19.2. The lowest BCUT2D eigenvalue weighted by molar-refractivity contribution is 0.0578. The molecule has 0 atom stereocenters. The molecule has 0 spiro atoms. The zero-order valence-corrected chi connectivity index (χ0v) is 15.7. The first-order chi connectivity index (χ1) is 13.4. The molecule has 8 heteroatoms. The zero-order valence-electron chi connectivity index (χ0n) is 15.7. The molecule has 2 rings (SSSR count). The summed E-state index contributed by atoms with van der Waals surface area (Å²) in [6, 6.07) is 8.54. The number of methoxy groups -OCH3 is 4. The molecule has 2 aromatic rings. The maximum atomic E-state index is 12.4. The van der Waals surface area contributed by atoms with Crippen LogP contribution in [0.25, 0.3) is 11.1 Å². The Balaban J connectivity index is 3.04. The minimum absolute atomic E-state index is 0.00241.